The second-order valence-electron chi connectivity index (χ2n) is 4.94. The highest BCUT2D eigenvalue weighted by Gasteiger charge is 2.36. The van der Waals surface area contributed by atoms with Crippen LogP contribution in [-0.2, 0) is 11.0 Å². The Hall–Kier alpha value is -1.64. The fourth-order valence-electron chi connectivity index (χ4n) is 2.20. The molecule has 9 heteroatoms. The van der Waals surface area contributed by atoms with Gasteiger partial charge >= 0.3 is 6.18 Å². The third kappa shape index (κ3) is 4.19. The van der Waals surface area contributed by atoms with E-state index in [4.69, 9.17) is 0 Å². The molecule has 0 bridgehead atoms. The van der Waals surface area contributed by atoms with E-state index in [1.54, 1.807) is 15.9 Å². The Morgan fingerprint density at radius 3 is 2.68 bits per heavy atom. The summed E-state index contributed by atoms with van der Waals surface area (Å²) >= 11 is 0.541. The Bertz CT molecular complexity index is 532. The highest BCUT2D eigenvalue weighted by molar-refractivity contribution is 7.15. The molecule has 0 saturated carbocycles. The molecule has 0 atom stereocenters. The monoisotopic (exact) mass is 334 g/mol. The lowest BCUT2D eigenvalue weighted by atomic mass is 10.2. The number of allylic oxidation sites excluding steroid dienone is 1. The van der Waals surface area contributed by atoms with Gasteiger partial charge in [-0.25, -0.2) is 0 Å². The fraction of sp³-hybridized carbons (Fsp3) is 0.615. The molecular weight excluding hydrogens is 317 g/mol. The van der Waals surface area contributed by atoms with Crippen molar-refractivity contribution in [2.24, 2.45) is 0 Å². The van der Waals surface area contributed by atoms with Gasteiger partial charge in [-0.05, 0) is 12.8 Å². The molecule has 0 aromatic carbocycles. The first-order valence-electron chi connectivity index (χ1n) is 6.96. The van der Waals surface area contributed by atoms with Gasteiger partial charge in [-0.2, -0.15) is 13.2 Å². The zero-order chi connectivity index (χ0) is 16.2. The van der Waals surface area contributed by atoms with Crippen molar-refractivity contribution in [2.75, 3.05) is 31.1 Å². The standard InChI is InChI=1S/C13H17F3N4OS/c1-2-3-5-10(21)19-6-4-7-20(9-8-19)12-18-17-11(22-12)13(14,15)16/h2H,1,3-9H2. The van der Waals surface area contributed by atoms with E-state index in [1.807, 2.05) is 0 Å². The second kappa shape index (κ2) is 7.08. The van der Waals surface area contributed by atoms with Crippen LogP contribution in [-0.4, -0.2) is 47.2 Å². The van der Waals surface area contributed by atoms with Gasteiger partial charge in [-0.3, -0.25) is 4.79 Å². The van der Waals surface area contributed by atoms with Crippen LogP contribution in [0, 0.1) is 0 Å². The molecule has 1 aromatic heterocycles. The van der Waals surface area contributed by atoms with E-state index in [0.29, 0.717) is 56.8 Å². The van der Waals surface area contributed by atoms with Crippen LogP contribution >= 0.6 is 11.3 Å². The van der Waals surface area contributed by atoms with Crippen LogP contribution in [0.3, 0.4) is 0 Å². The van der Waals surface area contributed by atoms with Crippen molar-refractivity contribution in [1.29, 1.82) is 0 Å². The van der Waals surface area contributed by atoms with E-state index in [0.717, 1.165) is 0 Å². The van der Waals surface area contributed by atoms with Crippen LogP contribution in [0.2, 0.25) is 0 Å². The van der Waals surface area contributed by atoms with Gasteiger partial charge in [-0.1, -0.05) is 17.4 Å². The minimum atomic E-state index is -4.46. The normalized spacial score (nSPS) is 16.5. The summed E-state index contributed by atoms with van der Waals surface area (Å²) in [6, 6.07) is 0. The van der Waals surface area contributed by atoms with E-state index in [1.165, 1.54) is 0 Å². The molecule has 5 nitrogen and oxygen atoms in total. The molecule has 1 fully saturated rings. The number of halogens is 3. The van der Waals surface area contributed by atoms with Crippen LogP contribution in [0.4, 0.5) is 18.3 Å². The van der Waals surface area contributed by atoms with E-state index < -0.39 is 11.2 Å². The van der Waals surface area contributed by atoms with Gasteiger partial charge in [0.2, 0.25) is 16.0 Å². The molecule has 0 unspecified atom stereocenters. The molecule has 0 aliphatic carbocycles. The van der Waals surface area contributed by atoms with Crippen LogP contribution in [0.1, 0.15) is 24.3 Å². The summed E-state index contributed by atoms with van der Waals surface area (Å²) in [5, 5.41) is 6.14. The number of nitrogens with zero attached hydrogens (tertiary/aromatic N) is 4. The summed E-state index contributed by atoms with van der Waals surface area (Å²) < 4.78 is 37.7. The highest BCUT2D eigenvalue weighted by Crippen LogP contribution is 2.34. The summed E-state index contributed by atoms with van der Waals surface area (Å²) in [7, 11) is 0. The van der Waals surface area contributed by atoms with Crippen molar-refractivity contribution >= 4 is 22.4 Å². The summed E-state index contributed by atoms with van der Waals surface area (Å²) in [6.45, 7) is 5.71. The predicted molar refractivity (Wildman–Crippen MR) is 77.8 cm³/mol. The minimum Gasteiger partial charge on any atom is -0.345 e. The lowest BCUT2D eigenvalue weighted by Crippen LogP contribution is -2.35. The Balaban J connectivity index is 1.97. The molecule has 0 radical (unpaired) electrons. The predicted octanol–water partition coefficient (Wildman–Crippen LogP) is 2.56. The summed E-state index contributed by atoms with van der Waals surface area (Å²) in [5.41, 5.74) is 0. The summed E-state index contributed by atoms with van der Waals surface area (Å²) in [4.78, 5) is 15.5. The van der Waals surface area contributed by atoms with Crippen molar-refractivity contribution in [2.45, 2.75) is 25.4 Å². The molecule has 1 amide bonds. The van der Waals surface area contributed by atoms with E-state index >= 15 is 0 Å². The van der Waals surface area contributed by atoms with Gasteiger partial charge in [0.15, 0.2) is 0 Å². The SMILES string of the molecule is C=CCCC(=O)N1CCCN(c2nnc(C(F)(F)F)s2)CC1. The Morgan fingerprint density at radius 2 is 2.05 bits per heavy atom. The van der Waals surface area contributed by atoms with Crippen LogP contribution in [0.5, 0.6) is 0 Å². The average Bonchev–Trinajstić information content (AvgIpc) is 2.84. The number of carbonyl (C=O) groups is 1. The van der Waals surface area contributed by atoms with Crippen molar-refractivity contribution in [3.05, 3.63) is 17.7 Å². The first-order chi connectivity index (χ1) is 10.4. The summed E-state index contributed by atoms with van der Waals surface area (Å²) in [6.07, 6.45) is -1.03. The molecule has 2 rings (SSSR count). The van der Waals surface area contributed by atoms with Crippen LogP contribution < -0.4 is 4.90 Å². The quantitative estimate of drug-likeness (QED) is 0.794. The van der Waals surface area contributed by atoms with Gasteiger partial charge in [0.05, 0.1) is 0 Å². The first-order valence-corrected chi connectivity index (χ1v) is 7.78. The van der Waals surface area contributed by atoms with Crippen molar-refractivity contribution < 1.29 is 18.0 Å². The lowest BCUT2D eigenvalue weighted by Gasteiger charge is -2.21. The molecule has 1 aromatic rings. The number of alkyl halides is 3. The van der Waals surface area contributed by atoms with Gasteiger partial charge in [-0.15, -0.1) is 16.8 Å². The van der Waals surface area contributed by atoms with E-state index in [-0.39, 0.29) is 11.0 Å². The topological polar surface area (TPSA) is 49.3 Å². The maximum Gasteiger partial charge on any atom is 0.445 e. The Labute approximate surface area is 130 Å². The highest BCUT2D eigenvalue weighted by atomic mass is 32.1. The molecular formula is C13H17F3N4OS. The van der Waals surface area contributed by atoms with Gasteiger partial charge in [0, 0.05) is 32.6 Å². The molecule has 1 aliphatic heterocycles. The Morgan fingerprint density at radius 1 is 1.27 bits per heavy atom. The molecule has 122 valence electrons. The van der Waals surface area contributed by atoms with Gasteiger partial charge in [0.1, 0.15) is 0 Å². The molecule has 1 saturated heterocycles. The number of hydrogen-bond acceptors (Lipinski definition) is 5. The van der Waals surface area contributed by atoms with Crippen LogP contribution in [0.25, 0.3) is 0 Å². The molecule has 22 heavy (non-hydrogen) atoms. The molecule has 0 spiro atoms. The summed E-state index contributed by atoms with van der Waals surface area (Å²) in [5.74, 6) is 0.0509. The number of hydrogen-bond donors (Lipinski definition) is 0. The van der Waals surface area contributed by atoms with Gasteiger partial charge < -0.3 is 9.80 Å². The van der Waals surface area contributed by atoms with Crippen molar-refractivity contribution in [1.82, 2.24) is 15.1 Å². The largest absolute Gasteiger partial charge is 0.445 e. The lowest BCUT2D eigenvalue weighted by molar-refractivity contribution is -0.138. The number of aromatic nitrogens is 2. The molecule has 0 N–H and O–H groups in total. The third-order valence-electron chi connectivity index (χ3n) is 3.34. The average molecular weight is 334 g/mol. The van der Waals surface area contributed by atoms with E-state index in [9.17, 15) is 18.0 Å². The number of amides is 1. The smallest absolute Gasteiger partial charge is 0.345 e. The zero-order valence-electron chi connectivity index (χ0n) is 12.0. The van der Waals surface area contributed by atoms with Crippen LogP contribution in [0.15, 0.2) is 12.7 Å². The third-order valence-corrected chi connectivity index (χ3v) is 4.37. The van der Waals surface area contributed by atoms with E-state index in [2.05, 4.69) is 16.8 Å². The first kappa shape index (κ1) is 16.7. The molecule has 1 aliphatic rings. The number of rotatable bonds is 4. The zero-order valence-corrected chi connectivity index (χ0v) is 12.8. The Kier molecular flexibility index (Phi) is 5.38. The van der Waals surface area contributed by atoms with Crippen molar-refractivity contribution in [3.8, 4) is 0 Å². The number of carbonyl (C=O) groups excluding carboxylic acids is 1. The number of anilines is 1. The van der Waals surface area contributed by atoms with Gasteiger partial charge in [0.25, 0.3) is 0 Å². The second-order valence-corrected chi connectivity index (χ2v) is 5.89. The maximum absolute atomic E-state index is 12.6. The fourth-order valence-corrected chi connectivity index (χ4v) is 2.96. The van der Waals surface area contributed by atoms with Crippen molar-refractivity contribution in [3.63, 3.8) is 0 Å². The maximum atomic E-state index is 12.6. The minimum absolute atomic E-state index is 0.0509. The molecule has 2 heterocycles.